The molecule has 0 heterocycles. The molecule has 9 heavy (non-hydrogen) atoms. The molecule has 1 atom stereocenters. The molecular weight excluding hydrogens is 136 g/mol. The maximum absolute atomic E-state index is 5.53. The summed E-state index contributed by atoms with van der Waals surface area (Å²) in [5.41, 5.74) is 0. The van der Waals surface area contributed by atoms with Crippen LogP contribution in [-0.2, 0) is 4.74 Å². The van der Waals surface area contributed by atoms with Gasteiger partial charge in [0.05, 0.1) is 0 Å². The molecule has 0 amide bonds. The van der Waals surface area contributed by atoms with Gasteiger partial charge in [0.25, 0.3) is 0 Å². The summed E-state index contributed by atoms with van der Waals surface area (Å²) in [6.45, 7) is 3.06. The third kappa shape index (κ3) is 6.13. The molecule has 0 aliphatic rings. The molecule has 0 aliphatic carbocycles. The fourth-order valence-corrected chi connectivity index (χ4v) is 1.02. The highest BCUT2D eigenvalue weighted by molar-refractivity contribution is 6.17. The van der Waals surface area contributed by atoms with E-state index >= 15 is 0 Å². The lowest BCUT2D eigenvalue weighted by atomic mass is 10.1. The van der Waals surface area contributed by atoms with E-state index in [2.05, 4.69) is 6.92 Å². The Morgan fingerprint density at radius 1 is 1.44 bits per heavy atom. The molecule has 1 unspecified atom stereocenters. The zero-order valence-electron chi connectivity index (χ0n) is 6.19. The highest BCUT2D eigenvalue weighted by atomic mass is 35.5. The van der Waals surface area contributed by atoms with Crippen molar-refractivity contribution in [3.05, 3.63) is 0 Å². The average Bonchev–Trinajstić information content (AvgIpc) is 1.85. The molecule has 0 aromatic rings. The molecule has 2 heteroatoms. The van der Waals surface area contributed by atoms with Gasteiger partial charge in [0.1, 0.15) is 0 Å². The van der Waals surface area contributed by atoms with Crippen LogP contribution < -0.4 is 0 Å². The molecule has 0 saturated heterocycles. The first kappa shape index (κ1) is 9.25. The number of methoxy groups -OCH3 is 1. The summed E-state index contributed by atoms with van der Waals surface area (Å²) in [4.78, 5) is 0. The number of halogens is 1. The quantitative estimate of drug-likeness (QED) is 0.547. The summed E-state index contributed by atoms with van der Waals surface area (Å²) >= 11 is 5.53. The number of ether oxygens (including phenoxy) is 1. The lowest BCUT2D eigenvalue weighted by Gasteiger charge is -2.06. The standard InChI is InChI=1S/C7H15ClO/c1-7(3-5-8)4-6-9-2/h7H,3-6H2,1-2H3. The van der Waals surface area contributed by atoms with Gasteiger partial charge in [-0.25, -0.2) is 0 Å². The van der Waals surface area contributed by atoms with Crippen LogP contribution in [0.5, 0.6) is 0 Å². The largest absolute Gasteiger partial charge is 0.385 e. The molecule has 56 valence electrons. The van der Waals surface area contributed by atoms with Crippen LogP contribution in [0.25, 0.3) is 0 Å². The van der Waals surface area contributed by atoms with E-state index in [1.54, 1.807) is 7.11 Å². The lowest BCUT2D eigenvalue weighted by molar-refractivity contribution is 0.179. The Morgan fingerprint density at radius 2 is 2.11 bits per heavy atom. The minimum atomic E-state index is 0.711. The summed E-state index contributed by atoms with van der Waals surface area (Å²) < 4.78 is 4.92. The zero-order valence-corrected chi connectivity index (χ0v) is 6.95. The Hall–Kier alpha value is 0.250. The Labute approximate surface area is 62.3 Å². The first-order valence-corrected chi connectivity index (χ1v) is 3.89. The first-order valence-electron chi connectivity index (χ1n) is 3.36. The van der Waals surface area contributed by atoms with Crippen molar-refractivity contribution >= 4 is 11.6 Å². The molecule has 0 N–H and O–H groups in total. The van der Waals surface area contributed by atoms with Gasteiger partial charge in [-0.05, 0) is 18.8 Å². The molecule has 0 spiro atoms. The van der Waals surface area contributed by atoms with E-state index in [0.29, 0.717) is 5.92 Å². The van der Waals surface area contributed by atoms with Crippen molar-refractivity contribution in [3.8, 4) is 0 Å². The second kappa shape index (κ2) is 6.37. The average molecular weight is 151 g/mol. The van der Waals surface area contributed by atoms with E-state index in [9.17, 15) is 0 Å². The van der Waals surface area contributed by atoms with E-state index in [-0.39, 0.29) is 0 Å². The fourth-order valence-electron chi connectivity index (χ4n) is 0.650. The third-order valence-corrected chi connectivity index (χ3v) is 1.63. The molecule has 0 aromatic heterocycles. The van der Waals surface area contributed by atoms with Gasteiger partial charge in [0, 0.05) is 19.6 Å². The minimum Gasteiger partial charge on any atom is -0.385 e. The van der Waals surface area contributed by atoms with Crippen molar-refractivity contribution in [2.24, 2.45) is 5.92 Å². The van der Waals surface area contributed by atoms with Crippen LogP contribution in [0.3, 0.4) is 0 Å². The topological polar surface area (TPSA) is 9.23 Å². The Bertz CT molecular complexity index is 56.9. The van der Waals surface area contributed by atoms with Crippen LogP contribution in [0, 0.1) is 5.92 Å². The van der Waals surface area contributed by atoms with Crippen molar-refractivity contribution in [1.82, 2.24) is 0 Å². The normalized spacial score (nSPS) is 13.7. The summed E-state index contributed by atoms with van der Waals surface area (Å²) in [5, 5.41) is 0. The molecule has 0 saturated carbocycles. The predicted octanol–water partition coefficient (Wildman–Crippen LogP) is 2.29. The third-order valence-electron chi connectivity index (χ3n) is 1.42. The van der Waals surface area contributed by atoms with Gasteiger partial charge in [-0.3, -0.25) is 0 Å². The Morgan fingerprint density at radius 3 is 2.56 bits per heavy atom. The van der Waals surface area contributed by atoms with Crippen LogP contribution in [0.2, 0.25) is 0 Å². The van der Waals surface area contributed by atoms with Gasteiger partial charge in [0.15, 0.2) is 0 Å². The van der Waals surface area contributed by atoms with Crippen LogP contribution >= 0.6 is 11.6 Å². The molecule has 0 fully saturated rings. The molecule has 1 nitrogen and oxygen atoms in total. The zero-order chi connectivity index (χ0) is 7.11. The number of hydrogen-bond donors (Lipinski definition) is 0. The number of alkyl halides is 1. The summed E-state index contributed by atoms with van der Waals surface area (Å²) in [5.74, 6) is 1.48. The van der Waals surface area contributed by atoms with Crippen molar-refractivity contribution in [2.45, 2.75) is 19.8 Å². The second-order valence-corrected chi connectivity index (χ2v) is 2.74. The SMILES string of the molecule is COCCC(C)CCCl. The van der Waals surface area contributed by atoms with Gasteiger partial charge >= 0.3 is 0 Å². The van der Waals surface area contributed by atoms with Gasteiger partial charge in [0.2, 0.25) is 0 Å². The highest BCUT2D eigenvalue weighted by Gasteiger charge is 1.98. The van der Waals surface area contributed by atoms with Gasteiger partial charge < -0.3 is 4.74 Å². The maximum Gasteiger partial charge on any atom is 0.0464 e. The van der Waals surface area contributed by atoms with E-state index in [0.717, 1.165) is 25.3 Å². The van der Waals surface area contributed by atoms with Gasteiger partial charge in [-0.15, -0.1) is 11.6 Å². The maximum atomic E-state index is 5.53. The summed E-state index contributed by atoms with van der Waals surface area (Å²) in [7, 11) is 1.73. The molecule has 0 radical (unpaired) electrons. The van der Waals surface area contributed by atoms with Gasteiger partial charge in [-0.1, -0.05) is 6.92 Å². The first-order chi connectivity index (χ1) is 4.31. The van der Waals surface area contributed by atoms with Crippen molar-refractivity contribution in [2.75, 3.05) is 19.6 Å². The summed E-state index contributed by atoms with van der Waals surface area (Å²) in [6, 6.07) is 0. The van der Waals surface area contributed by atoms with E-state index in [1.807, 2.05) is 0 Å². The lowest BCUT2D eigenvalue weighted by Crippen LogP contribution is -2.00. The predicted molar refractivity (Wildman–Crippen MR) is 41.0 cm³/mol. The Kier molecular flexibility index (Phi) is 6.55. The van der Waals surface area contributed by atoms with E-state index in [4.69, 9.17) is 16.3 Å². The Balaban J connectivity index is 2.95. The van der Waals surface area contributed by atoms with Crippen molar-refractivity contribution in [3.63, 3.8) is 0 Å². The molecule has 0 aromatic carbocycles. The van der Waals surface area contributed by atoms with E-state index < -0.39 is 0 Å². The molecule has 0 aliphatic heterocycles. The number of hydrogen-bond acceptors (Lipinski definition) is 1. The van der Waals surface area contributed by atoms with Crippen LogP contribution in [-0.4, -0.2) is 19.6 Å². The minimum absolute atomic E-state index is 0.711. The molecule has 0 rings (SSSR count). The smallest absolute Gasteiger partial charge is 0.0464 e. The van der Waals surface area contributed by atoms with Crippen LogP contribution in [0.4, 0.5) is 0 Å². The summed E-state index contributed by atoms with van der Waals surface area (Å²) in [6.07, 6.45) is 2.23. The van der Waals surface area contributed by atoms with Crippen LogP contribution in [0.1, 0.15) is 19.8 Å². The van der Waals surface area contributed by atoms with Gasteiger partial charge in [-0.2, -0.15) is 0 Å². The van der Waals surface area contributed by atoms with E-state index in [1.165, 1.54) is 0 Å². The second-order valence-electron chi connectivity index (χ2n) is 2.36. The highest BCUT2D eigenvalue weighted by Crippen LogP contribution is 2.07. The molecule has 0 bridgehead atoms. The monoisotopic (exact) mass is 150 g/mol. The van der Waals surface area contributed by atoms with Crippen molar-refractivity contribution < 1.29 is 4.74 Å². The fraction of sp³-hybridized carbons (Fsp3) is 1.00. The van der Waals surface area contributed by atoms with Crippen molar-refractivity contribution in [1.29, 1.82) is 0 Å². The molecular formula is C7H15ClO. The van der Waals surface area contributed by atoms with Crippen LogP contribution in [0.15, 0.2) is 0 Å². The number of rotatable bonds is 5.